The Morgan fingerprint density at radius 1 is 1.17 bits per heavy atom. The molecule has 0 heterocycles. The molecule has 0 spiro atoms. The summed E-state index contributed by atoms with van der Waals surface area (Å²) in [5, 5.41) is 14.2. The van der Waals surface area contributed by atoms with Gasteiger partial charge in [0.25, 0.3) is 10.3 Å². The van der Waals surface area contributed by atoms with Gasteiger partial charge >= 0.3 is 0 Å². The molecule has 0 aliphatic rings. The summed E-state index contributed by atoms with van der Waals surface area (Å²) >= 11 is 8.42. The Kier molecular flexibility index (Phi) is 20.1. The van der Waals surface area contributed by atoms with Gasteiger partial charge in [-0.1, -0.05) is 30.3 Å². The van der Waals surface area contributed by atoms with Crippen LogP contribution in [0.4, 0.5) is 0 Å². The third kappa shape index (κ3) is 20.6. The maximum absolute atomic E-state index is 7.56. The molecule has 0 aliphatic heterocycles. The van der Waals surface area contributed by atoms with E-state index in [4.69, 9.17) is 20.7 Å². The summed E-state index contributed by atoms with van der Waals surface area (Å²) in [6.45, 7) is 0.455. The van der Waals surface area contributed by atoms with Crippen LogP contribution in [-0.2, 0) is 30.8 Å². The van der Waals surface area contributed by atoms with Gasteiger partial charge in [0.1, 0.15) is 6.61 Å². The van der Waals surface area contributed by atoms with Crippen molar-refractivity contribution in [3.63, 3.8) is 0 Å². The Labute approximate surface area is 130 Å². The third-order valence-corrected chi connectivity index (χ3v) is 1.34. The van der Waals surface area contributed by atoms with Crippen molar-refractivity contribution in [3.8, 4) is 0 Å². The molecule has 5 nitrogen and oxygen atoms in total. The van der Waals surface area contributed by atoms with Gasteiger partial charge < -0.3 is 26.4 Å². The Hall–Kier alpha value is -0.817. The molecule has 0 atom stereocenters. The Morgan fingerprint density at radius 2 is 1.56 bits per heavy atom. The van der Waals surface area contributed by atoms with Crippen molar-refractivity contribution >= 4 is 34.8 Å². The number of aliphatic hydroxyl groups excluding tert-OH is 2. The first-order valence-corrected chi connectivity index (χ1v) is 5.23. The van der Waals surface area contributed by atoms with Crippen LogP contribution in [0.5, 0.6) is 0 Å². The van der Waals surface area contributed by atoms with Gasteiger partial charge in [0.05, 0.1) is 0 Å². The molecule has 0 bridgehead atoms. The average Bonchev–Trinajstić information content (AvgIpc) is 2.30. The number of hydrogen-bond acceptors (Lipinski definition) is 4. The minimum absolute atomic E-state index is 0. The second-order valence-electron chi connectivity index (χ2n) is 2.43. The first-order valence-electron chi connectivity index (χ1n) is 4.41. The molecule has 18 heavy (non-hydrogen) atoms. The summed E-state index contributed by atoms with van der Waals surface area (Å²) in [6, 6.07) is 9.75. The van der Waals surface area contributed by atoms with Crippen LogP contribution in [0.1, 0.15) is 5.56 Å². The molecule has 0 saturated heterocycles. The number of ether oxygens (including phenoxy) is 1. The fraction of sp³-hybridized carbons (Fsp3) is 0.200. The number of hydrogen-bond donors (Lipinski definition) is 4. The number of rotatable bonds is 2. The SMILES string of the molecule is CO.NC(=S)OCc1ccccc1.NC(O)=S.[Zn]. The number of thiocarbonyl (C=S) groups is 2. The van der Waals surface area contributed by atoms with E-state index in [-0.39, 0.29) is 24.7 Å². The van der Waals surface area contributed by atoms with Gasteiger partial charge in [-0.2, -0.15) is 0 Å². The zero-order chi connectivity index (χ0) is 13.7. The van der Waals surface area contributed by atoms with Crippen molar-refractivity contribution in [2.24, 2.45) is 11.5 Å². The summed E-state index contributed by atoms with van der Waals surface area (Å²) in [7, 11) is 1.00. The minimum Gasteiger partial charge on any atom is -0.487 e. The van der Waals surface area contributed by atoms with Gasteiger partial charge in [0.15, 0.2) is 0 Å². The van der Waals surface area contributed by atoms with Crippen LogP contribution in [0.3, 0.4) is 0 Å². The molecule has 6 N–H and O–H groups in total. The van der Waals surface area contributed by atoms with E-state index >= 15 is 0 Å². The largest absolute Gasteiger partial charge is 0.487 e. The fourth-order valence-corrected chi connectivity index (χ4v) is 0.788. The van der Waals surface area contributed by atoms with Crippen molar-refractivity contribution in [1.29, 1.82) is 0 Å². The van der Waals surface area contributed by atoms with E-state index in [0.717, 1.165) is 12.7 Å². The van der Waals surface area contributed by atoms with Gasteiger partial charge in [-0.25, -0.2) is 0 Å². The molecule has 1 aromatic rings. The molecule has 8 heteroatoms. The van der Waals surface area contributed by atoms with E-state index in [0.29, 0.717) is 6.61 Å². The summed E-state index contributed by atoms with van der Waals surface area (Å²) < 4.78 is 4.94. The van der Waals surface area contributed by atoms with E-state index < -0.39 is 5.17 Å². The first-order chi connectivity index (χ1) is 8.02. The van der Waals surface area contributed by atoms with Crippen LogP contribution < -0.4 is 11.5 Å². The maximum Gasteiger partial charge on any atom is 0.254 e. The van der Waals surface area contributed by atoms with E-state index in [1.165, 1.54) is 0 Å². The van der Waals surface area contributed by atoms with E-state index in [1.54, 1.807) is 0 Å². The predicted molar refractivity (Wildman–Crippen MR) is 75.6 cm³/mol. The summed E-state index contributed by atoms with van der Waals surface area (Å²) in [6.07, 6.45) is 0. The summed E-state index contributed by atoms with van der Waals surface area (Å²) in [5.74, 6) is 0. The second-order valence-corrected chi connectivity index (χ2v) is 3.25. The zero-order valence-electron chi connectivity index (χ0n) is 10.1. The van der Waals surface area contributed by atoms with Crippen molar-refractivity contribution in [2.75, 3.05) is 7.11 Å². The summed E-state index contributed by atoms with van der Waals surface area (Å²) in [5.41, 5.74) is 10.6. The Balaban J connectivity index is -0.000000277. The molecule has 0 aromatic heterocycles. The number of nitrogens with two attached hydrogens (primary N) is 2. The average molecular weight is 342 g/mol. The van der Waals surface area contributed by atoms with Gasteiger partial charge in [0.2, 0.25) is 0 Å². The van der Waals surface area contributed by atoms with Crippen LogP contribution in [0.2, 0.25) is 0 Å². The first kappa shape index (κ1) is 22.4. The van der Waals surface area contributed by atoms with E-state index in [2.05, 4.69) is 30.2 Å². The quantitative estimate of drug-likeness (QED) is 0.467. The predicted octanol–water partition coefficient (Wildman–Crippen LogP) is 0.841. The third-order valence-electron chi connectivity index (χ3n) is 1.22. The molecule has 0 saturated carbocycles. The molecule has 0 fully saturated rings. The fourth-order valence-electron chi connectivity index (χ4n) is 0.729. The molecule has 0 aliphatic carbocycles. The van der Waals surface area contributed by atoms with Crippen LogP contribution >= 0.6 is 24.4 Å². The van der Waals surface area contributed by atoms with Gasteiger partial charge in [-0.3, -0.25) is 0 Å². The Bertz CT molecular complexity index is 322. The number of benzene rings is 1. The molecule has 1 rings (SSSR count). The molecule has 0 radical (unpaired) electrons. The topological polar surface area (TPSA) is 102 Å². The standard InChI is InChI=1S/C8H9NOS.CH3NOS.CH4O.Zn/c9-8(11)10-6-7-4-2-1-3-5-7;2-1(3)4;1-2;/h1-5H,6H2,(H2,9,11);(H3,2,3,4);2H,1H3;. The van der Waals surface area contributed by atoms with Crippen molar-refractivity contribution in [2.45, 2.75) is 6.61 Å². The van der Waals surface area contributed by atoms with Gasteiger partial charge in [-0.15, -0.1) is 0 Å². The molecule has 0 unspecified atom stereocenters. The van der Waals surface area contributed by atoms with Crippen LogP contribution in [0, 0.1) is 0 Å². The van der Waals surface area contributed by atoms with Crippen LogP contribution in [0.25, 0.3) is 0 Å². The monoisotopic (exact) mass is 340 g/mol. The molecule has 98 valence electrons. The van der Waals surface area contributed by atoms with Crippen LogP contribution in [0.15, 0.2) is 30.3 Å². The zero-order valence-corrected chi connectivity index (χ0v) is 14.7. The molecule has 0 amide bonds. The smallest absolute Gasteiger partial charge is 0.254 e. The molecular weight excluding hydrogens is 326 g/mol. The molecule has 1 aromatic carbocycles. The van der Waals surface area contributed by atoms with Crippen LogP contribution in [-0.4, -0.2) is 27.7 Å². The normalized spacial score (nSPS) is 7.22. The maximum atomic E-state index is 7.56. The van der Waals surface area contributed by atoms with E-state index in [1.807, 2.05) is 30.3 Å². The van der Waals surface area contributed by atoms with Gasteiger partial charge in [-0.05, 0) is 30.0 Å². The molecular formula is C10H16N2O3S2Zn. The summed E-state index contributed by atoms with van der Waals surface area (Å²) in [4.78, 5) is 0. The van der Waals surface area contributed by atoms with Crippen molar-refractivity contribution in [3.05, 3.63) is 35.9 Å². The van der Waals surface area contributed by atoms with Gasteiger partial charge in [0, 0.05) is 26.6 Å². The van der Waals surface area contributed by atoms with E-state index in [9.17, 15) is 0 Å². The Morgan fingerprint density at radius 3 is 1.89 bits per heavy atom. The van der Waals surface area contributed by atoms with Crippen molar-refractivity contribution in [1.82, 2.24) is 0 Å². The number of aliphatic hydroxyl groups is 2. The van der Waals surface area contributed by atoms with Crippen molar-refractivity contribution < 1.29 is 34.4 Å². The minimum atomic E-state index is -0.500. The second kappa shape index (κ2) is 16.2.